The Morgan fingerprint density at radius 1 is 1.39 bits per heavy atom. The molecule has 4 nitrogen and oxygen atoms in total. The van der Waals surface area contributed by atoms with E-state index in [1.807, 2.05) is 22.8 Å². The summed E-state index contributed by atoms with van der Waals surface area (Å²) in [5.74, 6) is 0.568. The van der Waals surface area contributed by atoms with Crippen molar-refractivity contribution in [3.8, 4) is 0 Å². The molecule has 0 unspecified atom stereocenters. The average Bonchev–Trinajstić information content (AvgIpc) is 2.64. The molecule has 5 heteroatoms. The van der Waals surface area contributed by atoms with E-state index in [2.05, 4.69) is 27.8 Å². The van der Waals surface area contributed by atoms with Crippen LogP contribution >= 0.6 is 15.9 Å². The van der Waals surface area contributed by atoms with E-state index in [1.165, 1.54) is 0 Å². The minimum atomic E-state index is 0.568. The SMILES string of the molecule is CCCOCCCn1c(N)nc2cc(Br)ccc21. The second kappa shape index (κ2) is 6.20. The standard InChI is InChI=1S/C13H18BrN3O/c1-2-7-18-8-3-6-17-12-5-4-10(14)9-11(12)16-13(17)15/h4-5,9H,2-3,6-8H2,1H3,(H2,15,16). The van der Waals surface area contributed by atoms with Gasteiger partial charge in [-0.25, -0.2) is 4.98 Å². The predicted octanol–water partition coefficient (Wildman–Crippen LogP) is 3.20. The smallest absolute Gasteiger partial charge is 0.201 e. The Morgan fingerprint density at radius 2 is 2.22 bits per heavy atom. The van der Waals surface area contributed by atoms with E-state index in [4.69, 9.17) is 10.5 Å². The zero-order valence-corrected chi connectivity index (χ0v) is 12.1. The van der Waals surface area contributed by atoms with Gasteiger partial charge < -0.3 is 15.0 Å². The second-order valence-corrected chi connectivity index (χ2v) is 5.14. The normalized spacial score (nSPS) is 11.2. The molecule has 0 spiro atoms. The van der Waals surface area contributed by atoms with Crippen LogP contribution in [0.4, 0.5) is 5.95 Å². The summed E-state index contributed by atoms with van der Waals surface area (Å²) < 4.78 is 8.53. The quantitative estimate of drug-likeness (QED) is 0.833. The molecular formula is C13H18BrN3O. The van der Waals surface area contributed by atoms with Crippen LogP contribution in [0.1, 0.15) is 19.8 Å². The molecule has 0 aliphatic rings. The lowest BCUT2D eigenvalue weighted by Crippen LogP contribution is -2.06. The van der Waals surface area contributed by atoms with Crippen LogP contribution in [0.15, 0.2) is 22.7 Å². The summed E-state index contributed by atoms with van der Waals surface area (Å²) in [5, 5.41) is 0. The van der Waals surface area contributed by atoms with Crippen LogP contribution in [0.25, 0.3) is 11.0 Å². The average molecular weight is 312 g/mol. The molecule has 1 aromatic carbocycles. The Kier molecular flexibility index (Phi) is 4.60. The Bertz CT molecular complexity index is 524. The summed E-state index contributed by atoms with van der Waals surface area (Å²) in [6, 6.07) is 6.03. The second-order valence-electron chi connectivity index (χ2n) is 4.22. The highest BCUT2D eigenvalue weighted by Gasteiger charge is 2.07. The van der Waals surface area contributed by atoms with Crippen molar-refractivity contribution in [3.05, 3.63) is 22.7 Å². The van der Waals surface area contributed by atoms with Gasteiger partial charge in [0.25, 0.3) is 0 Å². The van der Waals surface area contributed by atoms with E-state index >= 15 is 0 Å². The molecule has 1 heterocycles. The van der Waals surface area contributed by atoms with E-state index in [1.54, 1.807) is 0 Å². The van der Waals surface area contributed by atoms with Gasteiger partial charge in [-0.2, -0.15) is 0 Å². The maximum Gasteiger partial charge on any atom is 0.201 e. The molecule has 98 valence electrons. The molecule has 2 aromatic rings. The highest BCUT2D eigenvalue weighted by atomic mass is 79.9. The van der Waals surface area contributed by atoms with Gasteiger partial charge in [-0.05, 0) is 31.0 Å². The Labute approximate surface area is 115 Å². The molecule has 0 saturated carbocycles. The van der Waals surface area contributed by atoms with Crippen LogP contribution in [0.3, 0.4) is 0 Å². The number of ether oxygens (including phenoxy) is 1. The molecule has 2 rings (SSSR count). The first kappa shape index (κ1) is 13.4. The minimum Gasteiger partial charge on any atom is -0.381 e. The molecular weight excluding hydrogens is 294 g/mol. The first-order valence-corrected chi connectivity index (χ1v) is 7.00. The number of fused-ring (bicyclic) bond motifs is 1. The molecule has 0 aliphatic heterocycles. The van der Waals surface area contributed by atoms with E-state index in [9.17, 15) is 0 Å². The van der Waals surface area contributed by atoms with E-state index in [-0.39, 0.29) is 0 Å². The number of hydrogen-bond donors (Lipinski definition) is 1. The Hall–Kier alpha value is -1.07. The zero-order chi connectivity index (χ0) is 13.0. The van der Waals surface area contributed by atoms with Gasteiger partial charge in [0, 0.05) is 24.2 Å². The maximum atomic E-state index is 5.94. The summed E-state index contributed by atoms with van der Waals surface area (Å²) in [4.78, 5) is 4.36. The summed E-state index contributed by atoms with van der Waals surface area (Å²) in [7, 11) is 0. The number of nitrogens with zero attached hydrogens (tertiary/aromatic N) is 2. The van der Waals surface area contributed by atoms with E-state index in [0.29, 0.717) is 5.95 Å². The third-order valence-corrected chi connectivity index (χ3v) is 3.25. The highest BCUT2D eigenvalue weighted by Crippen LogP contribution is 2.22. The first-order chi connectivity index (χ1) is 8.72. The Balaban J connectivity index is 2.05. The number of rotatable bonds is 6. The number of hydrogen-bond acceptors (Lipinski definition) is 3. The number of anilines is 1. The monoisotopic (exact) mass is 311 g/mol. The summed E-state index contributed by atoms with van der Waals surface area (Å²) in [5.41, 5.74) is 7.94. The van der Waals surface area contributed by atoms with Crippen LogP contribution in [0.2, 0.25) is 0 Å². The van der Waals surface area contributed by atoms with Crippen molar-refractivity contribution in [3.63, 3.8) is 0 Å². The van der Waals surface area contributed by atoms with E-state index < -0.39 is 0 Å². The van der Waals surface area contributed by atoms with Crippen molar-refractivity contribution in [2.24, 2.45) is 0 Å². The fourth-order valence-corrected chi connectivity index (χ4v) is 2.28. The number of halogens is 1. The van der Waals surface area contributed by atoms with Crippen molar-refractivity contribution < 1.29 is 4.74 Å². The minimum absolute atomic E-state index is 0.568. The zero-order valence-electron chi connectivity index (χ0n) is 10.5. The van der Waals surface area contributed by atoms with Gasteiger partial charge in [0.05, 0.1) is 11.0 Å². The van der Waals surface area contributed by atoms with Gasteiger partial charge in [-0.3, -0.25) is 0 Å². The van der Waals surface area contributed by atoms with Crippen molar-refractivity contribution in [1.29, 1.82) is 0 Å². The third kappa shape index (κ3) is 3.03. The number of benzene rings is 1. The third-order valence-electron chi connectivity index (χ3n) is 2.76. The number of imidazole rings is 1. The number of nitrogens with two attached hydrogens (primary N) is 1. The molecule has 0 aliphatic carbocycles. The van der Waals surface area contributed by atoms with Crippen LogP contribution in [0, 0.1) is 0 Å². The lowest BCUT2D eigenvalue weighted by Gasteiger charge is -2.06. The number of aromatic nitrogens is 2. The van der Waals surface area contributed by atoms with Crippen LogP contribution in [-0.4, -0.2) is 22.8 Å². The lowest BCUT2D eigenvalue weighted by molar-refractivity contribution is 0.129. The van der Waals surface area contributed by atoms with Crippen molar-refractivity contribution in [1.82, 2.24) is 9.55 Å². The first-order valence-electron chi connectivity index (χ1n) is 6.21. The van der Waals surface area contributed by atoms with Gasteiger partial charge in [-0.1, -0.05) is 22.9 Å². The van der Waals surface area contributed by atoms with E-state index in [0.717, 1.165) is 48.1 Å². The maximum absolute atomic E-state index is 5.94. The number of nitrogen functional groups attached to an aromatic ring is 1. The van der Waals surface area contributed by atoms with Gasteiger partial charge in [0.2, 0.25) is 5.95 Å². The molecule has 2 N–H and O–H groups in total. The van der Waals surface area contributed by atoms with Crippen LogP contribution < -0.4 is 5.73 Å². The molecule has 0 saturated heterocycles. The summed E-state index contributed by atoms with van der Waals surface area (Å²) >= 11 is 3.44. The topological polar surface area (TPSA) is 53.1 Å². The van der Waals surface area contributed by atoms with Gasteiger partial charge in [-0.15, -0.1) is 0 Å². The fourth-order valence-electron chi connectivity index (χ4n) is 1.93. The highest BCUT2D eigenvalue weighted by molar-refractivity contribution is 9.10. The molecule has 0 bridgehead atoms. The lowest BCUT2D eigenvalue weighted by atomic mass is 10.3. The van der Waals surface area contributed by atoms with Crippen LogP contribution in [-0.2, 0) is 11.3 Å². The molecule has 0 amide bonds. The van der Waals surface area contributed by atoms with Crippen molar-refractivity contribution in [2.45, 2.75) is 26.3 Å². The molecule has 0 atom stereocenters. The Morgan fingerprint density at radius 3 is 3.00 bits per heavy atom. The van der Waals surface area contributed by atoms with Crippen LogP contribution in [0.5, 0.6) is 0 Å². The van der Waals surface area contributed by atoms with Crippen molar-refractivity contribution >= 4 is 32.9 Å². The van der Waals surface area contributed by atoms with Gasteiger partial charge in [0.15, 0.2) is 0 Å². The molecule has 1 aromatic heterocycles. The molecule has 0 radical (unpaired) electrons. The fraction of sp³-hybridized carbons (Fsp3) is 0.462. The van der Waals surface area contributed by atoms with Gasteiger partial charge in [0.1, 0.15) is 0 Å². The predicted molar refractivity (Wildman–Crippen MR) is 77.6 cm³/mol. The summed E-state index contributed by atoms with van der Waals surface area (Å²) in [6.07, 6.45) is 2.01. The molecule has 0 fully saturated rings. The van der Waals surface area contributed by atoms with Crippen molar-refractivity contribution in [2.75, 3.05) is 18.9 Å². The number of aryl methyl sites for hydroxylation is 1. The molecule has 18 heavy (non-hydrogen) atoms. The largest absolute Gasteiger partial charge is 0.381 e. The van der Waals surface area contributed by atoms with Gasteiger partial charge >= 0.3 is 0 Å². The summed E-state index contributed by atoms with van der Waals surface area (Å²) in [6.45, 7) is 4.55.